The second kappa shape index (κ2) is 15.8. The van der Waals surface area contributed by atoms with E-state index in [-0.39, 0.29) is 0 Å². The van der Waals surface area contributed by atoms with Crippen LogP contribution in [0, 0.1) is 0 Å². The first-order valence-electron chi connectivity index (χ1n) is 22.0. The van der Waals surface area contributed by atoms with Crippen LogP contribution in [-0.2, 0) is 0 Å². The van der Waals surface area contributed by atoms with Crippen molar-refractivity contribution < 1.29 is 0 Å². The molecule has 0 unspecified atom stereocenters. The van der Waals surface area contributed by atoms with Crippen molar-refractivity contribution in [2.24, 2.45) is 0 Å². The van der Waals surface area contributed by atoms with Crippen molar-refractivity contribution in [1.29, 1.82) is 0 Å². The Bertz CT molecular complexity index is 3650. The van der Waals surface area contributed by atoms with Crippen molar-refractivity contribution in [3.63, 3.8) is 0 Å². The molecule has 0 aliphatic heterocycles. The lowest BCUT2D eigenvalue weighted by Crippen LogP contribution is -2.11. The highest BCUT2D eigenvalue weighted by atomic mass is 15.1. The first-order valence-corrected chi connectivity index (χ1v) is 22.0. The molecule has 11 aromatic carbocycles. The third-order valence-electron chi connectivity index (χ3n) is 12.8. The van der Waals surface area contributed by atoms with Crippen LogP contribution < -0.4 is 4.90 Å². The molecule has 0 N–H and O–H groups in total. The van der Waals surface area contributed by atoms with Gasteiger partial charge in [0, 0.05) is 33.4 Å². The van der Waals surface area contributed by atoms with E-state index >= 15 is 0 Å². The van der Waals surface area contributed by atoms with Gasteiger partial charge in [0.25, 0.3) is 0 Å². The van der Waals surface area contributed by atoms with Crippen molar-refractivity contribution >= 4 is 60.4 Å². The largest absolute Gasteiger partial charge is 0.310 e. The van der Waals surface area contributed by atoms with E-state index in [1.807, 2.05) is 0 Å². The highest BCUT2D eigenvalue weighted by Gasteiger charge is 2.21. The number of rotatable bonds is 8. The van der Waals surface area contributed by atoms with Crippen LogP contribution in [0.3, 0.4) is 0 Å². The molecule has 0 aliphatic carbocycles. The standard InChI is InChI=1S/C62H42N2/c1-3-17-44(18-4-1)55-29-11-12-33-58(55)63(50-38-35-47(36-39-50)54-31-15-23-43-21-7-9-28-53(43)54)51-26-13-24-48(41-51)49-25-14-27-52(42-49)64-59-34-16-32-57(45-19-5-2-6-20-45)61(59)62-56-30-10-8-22-46(56)37-40-60(62)64/h1-42H. The van der Waals surface area contributed by atoms with Crippen molar-refractivity contribution in [3.8, 4) is 50.2 Å². The van der Waals surface area contributed by atoms with Crippen LogP contribution in [0.4, 0.5) is 17.1 Å². The number of hydrogen-bond acceptors (Lipinski definition) is 1. The molecule has 0 spiro atoms. The van der Waals surface area contributed by atoms with Gasteiger partial charge in [-0.05, 0) is 115 Å². The molecular formula is C62H42N2. The number of hydrogen-bond donors (Lipinski definition) is 0. The van der Waals surface area contributed by atoms with E-state index in [2.05, 4.69) is 264 Å². The fourth-order valence-electron chi connectivity index (χ4n) is 9.84. The Morgan fingerprint density at radius 2 is 0.812 bits per heavy atom. The van der Waals surface area contributed by atoms with Gasteiger partial charge in [-0.2, -0.15) is 0 Å². The molecule has 0 amide bonds. The average Bonchev–Trinajstić information content (AvgIpc) is 3.73. The third-order valence-corrected chi connectivity index (χ3v) is 12.8. The second-order valence-corrected chi connectivity index (χ2v) is 16.5. The maximum absolute atomic E-state index is 2.46. The van der Waals surface area contributed by atoms with Gasteiger partial charge in [-0.1, -0.05) is 200 Å². The van der Waals surface area contributed by atoms with Gasteiger partial charge in [0.2, 0.25) is 0 Å². The number of para-hydroxylation sites is 1. The fraction of sp³-hybridized carbons (Fsp3) is 0. The van der Waals surface area contributed by atoms with Gasteiger partial charge in [-0.25, -0.2) is 0 Å². The minimum atomic E-state index is 1.08. The monoisotopic (exact) mass is 814 g/mol. The van der Waals surface area contributed by atoms with Crippen LogP contribution in [0.5, 0.6) is 0 Å². The summed E-state index contributed by atoms with van der Waals surface area (Å²) in [5.74, 6) is 0. The first kappa shape index (κ1) is 37.3. The van der Waals surface area contributed by atoms with Crippen LogP contribution in [0.25, 0.3) is 93.5 Å². The Labute approximate surface area is 373 Å². The Morgan fingerprint density at radius 3 is 1.61 bits per heavy atom. The summed E-state index contributed by atoms with van der Waals surface area (Å²) >= 11 is 0. The summed E-state index contributed by atoms with van der Waals surface area (Å²) in [7, 11) is 0. The number of anilines is 3. The normalized spacial score (nSPS) is 11.4. The molecule has 0 saturated carbocycles. The van der Waals surface area contributed by atoms with E-state index in [1.165, 1.54) is 76.7 Å². The molecule has 300 valence electrons. The van der Waals surface area contributed by atoms with Crippen LogP contribution in [-0.4, -0.2) is 4.57 Å². The molecule has 0 fully saturated rings. The number of nitrogens with zero attached hydrogens (tertiary/aromatic N) is 2. The maximum Gasteiger partial charge on any atom is 0.0547 e. The van der Waals surface area contributed by atoms with Crippen molar-refractivity contribution in [1.82, 2.24) is 4.57 Å². The molecule has 1 aromatic heterocycles. The van der Waals surface area contributed by atoms with Crippen molar-refractivity contribution in [2.45, 2.75) is 0 Å². The van der Waals surface area contributed by atoms with Gasteiger partial charge < -0.3 is 9.47 Å². The molecule has 2 nitrogen and oxygen atoms in total. The Kier molecular flexibility index (Phi) is 9.20. The van der Waals surface area contributed by atoms with Crippen LogP contribution in [0.15, 0.2) is 255 Å². The minimum absolute atomic E-state index is 1.08. The Morgan fingerprint density at radius 1 is 0.281 bits per heavy atom. The summed E-state index contributed by atoms with van der Waals surface area (Å²) in [5.41, 5.74) is 16.3. The molecule has 0 saturated heterocycles. The molecule has 0 atom stereocenters. The lowest BCUT2D eigenvalue weighted by atomic mass is 9.97. The van der Waals surface area contributed by atoms with Gasteiger partial charge in [-0.3, -0.25) is 0 Å². The summed E-state index contributed by atoms with van der Waals surface area (Å²) in [6.07, 6.45) is 0. The van der Waals surface area contributed by atoms with Crippen molar-refractivity contribution in [3.05, 3.63) is 255 Å². The molecular weight excluding hydrogens is 773 g/mol. The zero-order chi connectivity index (χ0) is 42.4. The summed E-state index contributed by atoms with van der Waals surface area (Å²) in [4.78, 5) is 2.41. The lowest BCUT2D eigenvalue weighted by Gasteiger charge is -2.28. The van der Waals surface area contributed by atoms with E-state index in [9.17, 15) is 0 Å². The average molecular weight is 815 g/mol. The molecule has 0 aliphatic rings. The van der Waals surface area contributed by atoms with E-state index < -0.39 is 0 Å². The van der Waals surface area contributed by atoms with Crippen molar-refractivity contribution in [2.75, 3.05) is 4.90 Å². The predicted octanol–water partition coefficient (Wildman–Crippen LogP) is 17.2. The molecule has 64 heavy (non-hydrogen) atoms. The van der Waals surface area contributed by atoms with E-state index in [1.54, 1.807) is 0 Å². The molecule has 2 heteroatoms. The van der Waals surface area contributed by atoms with Gasteiger partial charge in [0.1, 0.15) is 0 Å². The minimum Gasteiger partial charge on any atom is -0.310 e. The highest BCUT2D eigenvalue weighted by Crippen LogP contribution is 2.45. The number of benzene rings is 11. The van der Waals surface area contributed by atoms with E-state index in [0.29, 0.717) is 0 Å². The lowest BCUT2D eigenvalue weighted by molar-refractivity contribution is 1.18. The summed E-state index contributed by atoms with van der Waals surface area (Å²) in [6.45, 7) is 0. The maximum atomic E-state index is 2.46. The SMILES string of the molecule is c1ccc(-c2ccccc2N(c2ccc(-c3cccc4ccccc34)cc2)c2cccc(-c3cccc(-n4c5cccc(-c6ccccc6)c5c5c6ccccc6ccc54)c3)c2)cc1. The quantitative estimate of drug-likeness (QED) is 0.148. The topological polar surface area (TPSA) is 8.17 Å². The third kappa shape index (κ3) is 6.44. The number of aromatic nitrogens is 1. The van der Waals surface area contributed by atoms with Gasteiger partial charge >= 0.3 is 0 Å². The van der Waals surface area contributed by atoms with Crippen LogP contribution >= 0.6 is 0 Å². The second-order valence-electron chi connectivity index (χ2n) is 16.5. The first-order chi connectivity index (χ1) is 31.8. The van der Waals surface area contributed by atoms with Gasteiger partial charge in [-0.15, -0.1) is 0 Å². The Hall–Kier alpha value is -8.46. The highest BCUT2D eigenvalue weighted by molar-refractivity contribution is 6.25. The van der Waals surface area contributed by atoms with Gasteiger partial charge in [0.05, 0.1) is 16.7 Å². The predicted molar refractivity (Wildman–Crippen MR) is 272 cm³/mol. The Balaban J connectivity index is 1.01. The molecule has 0 bridgehead atoms. The van der Waals surface area contributed by atoms with Crippen LogP contribution in [0.1, 0.15) is 0 Å². The molecule has 12 rings (SSSR count). The van der Waals surface area contributed by atoms with E-state index in [4.69, 9.17) is 0 Å². The van der Waals surface area contributed by atoms with E-state index in [0.717, 1.165) is 33.9 Å². The summed E-state index contributed by atoms with van der Waals surface area (Å²) < 4.78 is 2.46. The zero-order valence-corrected chi connectivity index (χ0v) is 35.1. The molecule has 12 aromatic rings. The fourth-order valence-corrected chi connectivity index (χ4v) is 9.84. The zero-order valence-electron chi connectivity index (χ0n) is 35.1. The number of fused-ring (bicyclic) bond motifs is 6. The smallest absolute Gasteiger partial charge is 0.0547 e. The van der Waals surface area contributed by atoms with Gasteiger partial charge in [0.15, 0.2) is 0 Å². The molecule has 1 heterocycles. The molecule has 0 radical (unpaired) electrons. The summed E-state index contributed by atoms with van der Waals surface area (Å²) in [5, 5.41) is 7.55. The van der Waals surface area contributed by atoms with Crippen LogP contribution in [0.2, 0.25) is 0 Å². The summed E-state index contributed by atoms with van der Waals surface area (Å²) in [6, 6.07) is 92.6.